The highest BCUT2D eigenvalue weighted by Crippen LogP contribution is 2.29. The zero-order valence-electron chi connectivity index (χ0n) is 14.0. The first-order valence-corrected chi connectivity index (χ1v) is 9.81. The van der Waals surface area contributed by atoms with E-state index in [1.165, 1.54) is 4.31 Å². The Morgan fingerprint density at radius 1 is 1.50 bits per heavy atom. The van der Waals surface area contributed by atoms with Crippen LogP contribution in [0.2, 0.25) is 0 Å². The number of aromatic amines is 1. The molecule has 1 aromatic carbocycles. The van der Waals surface area contributed by atoms with Crippen molar-refractivity contribution < 1.29 is 8.42 Å². The second-order valence-electron chi connectivity index (χ2n) is 6.41. The Hall–Kier alpha value is -1.91. The highest BCUT2D eigenvalue weighted by atomic mass is 32.2. The van der Waals surface area contributed by atoms with Crippen LogP contribution in [0.25, 0.3) is 11.0 Å². The Morgan fingerprint density at radius 2 is 2.29 bits per heavy atom. The number of imidazole rings is 1. The van der Waals surface area contributed by atoms with E-state index in [4.69, 9.17) is 5.26 Å². The predicted molar refractivity (Wildman–Crippen MR) is 93.0 cm³/mol. The number of fused-ring (bicyclic) bond motifs is 1. The van der Waals surface area contributed by atoms with Gasteiger partial charge in [-0.2, -0.15) is 5.26 Å². The van der Waals surface area contributed by atoms with Crippen molar-refractivity contribution in [3.05, 3.63) is 29.6 Å². The smallest absolute Gasteiger partial charge is 0.230 e. The molecule has 0 saturated carbocycles. The summed E-state index contributed by atoms with van der Waals surface area (Å²) in [6.07, 6.45) is 1.99. The maximum atomic E-state index is 12.6. The summed E-state index contributed by atoms with van der Waals surface area (Å²) in [6, 6.07) is 7.96. The van der Waals surface area contributed by atoms with Crippen molar-refractivity contribution in [3.63, 3.8) is 0 Å². The lowest BCUT2D eigenvalue weighted by Gasteiger charge is -2.32. The first-order valence-electron chi connectivity index (χ1n) is 8.30. The van der Waals surface area contributed by atoms with Gasteiger partial charge in [-0.15, -0.1) is 0 Å². The number of aromatic nitrogens is 2. The summed E-state index contributed by atoms with van der Waals surface area (Å²) >= 11 is 0. The van der Waals surface area contributed by atoms with E-state index in [1.807, 2.05) is 31.2 Å². The van der Waals surface area contributed by atoms with E-state index in [0.29, 0.717) is 19.5 Å². The number of benzene rings is 1. The molecule has 0 aliphatic carbocycles. The summed E-state index contributed by atoms with van der Waals surface area (Å²) in [4.78, 5) is 7.97. The number of piperidine rings is 1. The third-order valence-corrected chi connectivity index (χ3v) is 6.87. The molecule has 3 rings (SSSR count). The molecular formula is C17H22N4O2S. The van der Waals surface area contributed by atoms with Crippen molar-refractivity contribution in [2.75, 3.05) is 13.1 Å². The van der Waals surface area contributed by atoms with Gasteiger partial charge in [-0.05, 0) is 43.9 Å². The van der Waals surface area contributed by atoms with Crippen molar-refractivity contribution >= 4 is 21.1 Å². The molecule has 0 spiro atoms. The van der Waals surface area contributed by atoms with Crippen molar-refractivity contribution in [2.45, 2.75) is 44.3 Å². The second kappa shape index (κ2) is 6.54. The van der Waals surface area contributed by atoms with Crippen molar-refractivity contribution in [3.8, 4) is 6.07 Å². The topological polar surface area (TPSA) is 89.8 Å². The molecule has 7 heteroatoms. The Bertz CT molecular complexity index is 882. The number of hydrogen-bond acceptors (Lipinski definition) is 4. The molecule has 0 amide bonds. The molecule has 2 unspecified atom stereocenters. The number of nitrogens with zero attached hydrogens (tertiary/aromatic N) is 3. The van der Waals surface area contributed by atoms with Crippen molar-refractivity contribution in [1.29, 1.82) is 5.26 Å². The summed E-state index contributed by atoms with van der Waals surface area (Å²) in [7, 11) is -3.57. The first-order chi connectivity index (χ1) is 11.5. The summed E-state index contributed by atoms with van der Waals surface area (Å²) in [5.74, 6) is 0.873. The molecule has 24 heavy (non-hydrogen) atoms. The van der Waals surface area contributed by atoms with Gasteiger partial charge in [0.25, 0.3) is 0 Å². The predicted octanol–water partition coefficient (Wildman–Crippen LogP) is 2.68. The first kappa shape index (κ1) is 16.9. The molecule has 1 saturated heterocycles. The van der Waals surface area contributed by atoms with Gasteiger partial charge < -0.3 is 4.98 Å². The fraction of sp³-hybridized carbons (Fsp3) is 0.529. The monoisotopic (exact) mass is 346 g/mol. The molecule has 1 aliphatic heterocycles. The van der Waals surface area contributed by atoms with Crippen LogP contribution < -0.4 is 0 Å². The van der Waals surface area contributed by atoms with Gasteiger partial charge in [0, 0.05) is 19.0 Å². The molecule has 1 aliphatic rings. The minimum absolute atomic E-state index is 0.0393. The lowest BCUT2D eigenvalue weighted by molar-refractivity contribution is 0.308. The van der Waals surface area contributed by atoms with E-state index in [9.17, 15) is 8.42 Å². The van der Waals surface area contributed by atoms with Crippen LogP contribution in [0.4, 0.5) is 0 Å². The van der Waals surface area contributed by atoms with Gasteiger partial charge in [0.1, 0.15) is 5.82 Å². The highest BCUT2D eigenvalue weighted by Gasteiger charge is 2.35. The maximum absolute atomic E-state index is 12.6. The molecular weight excluding hydrogens is 324 g/mol. The van der Waals surface area contributed by atoms with E-state index in [0.717, 1.165) is 35.3 Å². The normalized spacial score (nSPS) is 20.8. The number of H-pyrrole nitrogens is 1. The van der Waals surface area contributed by atoms with E-state index in [1.54, 1.807) is 6.92 Å². The van der Waals surface area contributed by atoms with E-state index in [2.05, 4.69) is 9.97 Å². The molecule has 0 bridgehead atoms. The summed E-state index contributed by atoms with van der Waals surface area (Å²) in [6.45, 7) is 4.63. The molecule has 6 nitrogen and oxygen atoms in total. The van der Waals surface area contributed by atoms with Gasteiger partial charge in [-0.1, -0.05) is 13.0 Å². The maximum Gasteiger partial charge on any atom is 0.230 e. The lowest BCUT2D eigenvalue weighted by atomic mass is 9.99. The standard InChI is InChI=1S/C17H22N4O2S/c1-3-14(10-18)24(22,23)21-8-4-5-13(11-21)17-19-15-7-6-12(2)9-16(15)20-17/h6-7,9,13-14H,3-5,8,11H2,1-2H3,(H,19,20). The fourth-order valence-corrected chi connectivity index (χ4v) is 4.97. The highest BCUT2D eigenvalue weighted by molar-refractivity contribution is 7.90. The molecule has 0 radical (unpaired) electrons. The molecule has 1 fully saturated rings. The van der Waals surface area contributed by atoms with Crippen LogP contribution in [0.3, 0.4) is 0 Å². The summed E-state index contributed by atoms with van der Waals surface area (Å²) in [5, 5.41) is 8.16. The minimum atomic E-state index is -3.57. The Kier molecular flexibility index (Phi) is 4.61. The Morgan fingerprint density at radius 3 is 3.00 bits per heavy atom. The van der Waals surface area contributed by atoms with Crippen LogP contribution in [0.5, 0.6) is 0 Å². The largest absolute Gasteiger partial charge is 0.342 e. The third kappa shape index (κ3) is 3.04. The van der Waals surface area contributed by atoms with Gasteiger partial charge in [0.15, 0.2) is 5.25 Å². The van der Waals surface area contributed by atoms with Crippen LogP contribution in [0.15, 0.2) is 18.2 Å². The number of rotatable bonds is 4. The van der Waals surface area contributed by atoms with Crippen LogP contribution in [-0.4, -0.2) is 41.0 Å². The zero-order chi connectivity index (χ0) is 17.3. The summed E-state index contributed by atoms with van der Waals surface area (Å²) in [5.41, 5.74) is 3.04. The van der Waals surface area contributed by atoms with Gasteiger partial charge in [-0.25, -0.2) is 17.7 Å². The summed E-state index contributed by atoms with van der Waals surface area (Å²) < 4.78 is 26.7. The van der Waals surface area contributed by atoms with E-state index >= 15 is 0 Å². The SMILES string of the molecule is CCC(C#N)S(=O)(=O)N1CCCC(c2nc3ccc(C)cc3[nH]2)C1. The molecule has 2 heterocycles. The minimum Gasteiger partial charge on any atom is -0.342 e. The molecule has 128 valence electrons. The van der Waals surface area contributed by atoms with Gasteiger partial charge in [0.2, 0.25) is 10.0 Å². The molecule has 1 N–H and O–H groups in total. The second-order valence-corrected chi connectivity index (χ2v) is 8.53. The number of aryl methyl sites for hydroxylation is 1. The fourth-order valence-electron chi connectivity index (χ4n) is 3.28. The number of hydrogen-bond donors (Lipinski definition) is 1. The Labute approximate surface area is 142 Å². The average Bonchev–Trinajstić information content (AvgIpc) is 2.99. The molecule has 1 aromatic heterocycles. The van der Waals surface area contributed by atoms with Crippen LogP contribution in [0.1, 0.15) is 43.5 Å². The molecule has 2 aromatic rings. The quantitative estimate of drug-likeness (QED) is 0.921. The molecule has 2 atom stereocenters. The van der Waals surface area contributed by atoms with Crippen molar-refractivity contribution in [1.82, 2.24) is 14.3 Å². The van der Waals surface area contributed by atoms with Crippen molar-refractivity contribution in [2.24, 2.45) is 0 Å². The van der Waals surface area contributed by atoms with E-state index < -0.39 is 15.3 Å². The number of nitriles is 1. The van der Waals surface area contributed by atoms with Gasteiger partial charge >= 0.3 is 0 Å². The van der Waals surface area contributed by atoms with Crippen LogP contribution in [-0.2, 0) is 10.0 Å². The zero-order valence-corrected chi connectivity index (χ0v) is 14.8. The van der Waals surface area contributed by atoms with Crippen LogP contribution >= 0.6 is 0 Å². The van der Waals surface area contributed by atoms with Gasteiger partial charge in [-0.3, -0.25) is 0 Å². The third-order valence-electron chi connectivity index (χ3n) is 4.66. The number of nitrogens with one attached hydrogen (secondary N) is 1. The Balaban J connectivity index is 1.86. The van der Waals surface area contributed by atoms with Crippen LogP contribution in [0, 0.1) is 18.3 Å². The van der Waals surface area contributed by atoms with E-state index in [-0.39, 0.29) is 5.92 Å². The average molecular weight is 346 g/mol. The number of sulfonamides is 1. The van der Waals surface area contributed by atoms with Gasteiger partial charge in [0.05, 0.1) is 17.1 Å². The lowest BCUT2D eigenvalue weighted by Crippen LogP contribution is -2.43.